The van der Waals surface area contributed by atoms with Gasteiger partial charge in [0.2, 0.25) is 0 Å². The number of hydrogen-bond donors (Lipinski definition) is 0. The molecule has 2 saturated carbocycles. The molecule has 3 aliphatic carbocycles. The number of aliphatic imine (C=N–C) groups is 1. The molecule has 20 heavy (non-hydrogen) atoms. The van der Waals surface area contributed by atoms with Crippen LogP contribution in [0.3, 0.4) is 0 Å². The molecule has 3 rings (SSSR count). The molecule has 0 unspecified atom stereocenters. The Balaban J connectivity index is 1.58. The highest BCUT2D eigenvalue weighted by Gasteiger charge is 2.48. The molecular weight excluding hydrogens is 262 g/mol. The van der Waals surface area contributed by atoms with Gasteiger partial charge in [0.15, 0.2) is 0 Å². The first-order valence-electron chi connectivity index (χ1n) is 8.25. The zero-order valence-corrected chi connectivity index (χ0v) is 13.3. The van der Waals surface area contributed by atoms with Gasteiger partial charge in [-0.05, 0) is 86.9 Å². The van der Waals surface area contributed by atoms with Gasteiger partial charge in [-0.15, -0.1) is 0 Å². The van der Waals surface area contributed by atoms with E-state index in [1.54, 1.807) is 5.57 Å². The van der Waals surface area contributed by atoms with Crippen LogP contribution in [0, 0.1) is 17.3 Å². The lowest BCUT2D eigenvalue weighted by Gasteiger charge is -2.35. The number of isothiocyanates is 1. The first-order valence-corrected chi connectivity index (χ1v) is 8.66. The second-order valence-electron chi connectivity index (χ2n) is 6.87. The smallest absolute Gasteiger partial charge is 0.0637 e. The normalized spacial score (nSPS) is 31.9. The summed E-state index contributed by atoms with van der Waals surface area (Å²) in [6.45, 7) is 2.39. The SMILES string of the molecule is CCC1(C2CCC(C3=CC=C(N=C=S)CC3)CC2)CC1. The Hall–Kier alpha value is -0.720. The highest BCUT2D eigenvalue weighted by Crippen LogP contribution is 2.59. The van der Waals surface area contributed by atoms with Gasteiger partial charge in [-0.25, -0.2) is 0 Å². The summed E-state index contributed by atoms with van der Waals surface area (Å²) in [7, 11) is 0. The largest absolute Gasteiger partial charge is 0.199 e. The first-order chi connectivity index (χ1) is 9.77. The summed E-state index contributed by atoms with van der Waals surface area (Å²) in [5.41, 5.74) is 3.53. The monoisotopic (exact) mass is 287 g/mol. The van der Waals surface area contributed by atoms with Crippen molar-refractivity contribution >= 4 is 17.4 Å². The third kappa shape index (κ3) is 2.82. The third-order valence-electron chi connectivity index (χ3n) is 6.06. The maximum absolute atomic E-state index is 4.67. The van der Waals surface area contributed by atoms with E-state index >= 15 is 0 Å². The van der Waals surface area contributed by atoms with Gasteiger partial charge in [0.25, 0.3) is 0 Å². The summed E-state index contributed by atoms with van der Waals surface area (Å²) in [6, 6.07) is 0. The lowest BCUT2D eigenvalue weighted by Crippen LogP contribution is -2.23. The van der Waals surface area contributed by atoms with Crippen LogP contribution in [0.25, 0.3) is 0 Å². The number of allylic oxidation sites excluding steroid dienone is 4. The molecule has 0 spiro atoms. The first kappa shape index (κ1) is 14.2. The topological polar surface area (TPSA) is 12.4 Å². The van der Waals surface area contributed by atoms with E-state index in [0.717, 1.165) is 29.4 Å². The molecule has 0 amide bonds. The van der Waals surface area contributed by atoms with E-state index in [1.165, 1.54) is 51.4 Å². The summed E-state index contributed by atoms with van der Waals surface area (Å²) in [5.74, 6) is 1.87. The molecule has 0 aromatic rings. The van der Waals surface area contributed by atoms with E-state index < -0.39 is 0 Å². The van der Waals surface area contributed by atoms with E-state index in [4.69, 9.17) is 0 Å². The van der Waals surface area contributed by atoms with Gasteiger partial charge < -0.3 is 0 Å². The van der Waals surface area contributed by atoms with Crippen molar-refractivity contribution in [1.82, 2.24) is 0 Å². The Labute approximate surface area is 128 Å². The molecule has 0 atom stereocenters. The second kappa shape index (κ2) is 5.95. The van der Waals surface area contributed by atoms with E-state index in [9.17, 15) is 0 Å². The summed E-state index contributed by atoms with van der Waals surface area (Å²) in [6.07, 6.45) is 16.9. The van der Waals surface area contributed by atoms with Crippen LogP contribution in [0.4, 0.5) is 0 Å². The Kier molecular flexibility index (Phi) is 4.23. The molecular formula is C18H25NS. The molecule has 0 aromatic carbocycles. The van der Waals surface area contributed by atoms with Gasteiger partial charge in [-0.3, -0.25) is 0 Å². The number of rotatable bonds is 4. The van der Waals surface area contributed by atoms with Gasteiger partial charge in [0, 0.05) is 0 Å². The quantitative estimate of drug-likeness (QED) is 0.478. The molecule has 3 aliphatic rings. The van der Waals surface area contributed by atoms with Crippen LogP contribution in [0.5, 0.6) is 0 Å². The van der Waals surface area contributed by atoms with Gasteiger partial charge in [0.05, 0.1) is 10.9 Å². The van der Waals surface area contributed by atoms with Crippen LogP contribution >= 0.6 is 12.2 Å². The summed E-state index contributed by atoms with van der Waals surface area (Å²) < 4.78 is 0. The van der Waals surface area contributed by atoms with Crippen LogP contribution in [0.2, 0.25) is 0 Å². The van der Waals surface area contributed by atoms with Crippen molar-refractivity contribution < 1.29 is 0 Å². The van der Waals surface area contributed by atoms with Crippen LogP contribution in [-0.4, -0.2) is 5.16 Å². The summed E-state index contributed by atoms with van der Waals surface area (Å²) in [5, 5.41) is 2.48. The van der Waals surface area contributed by atoms with Crippen molar-refractivity contribution in [2.45, 2.75) is 64.7 Å². The minimum absolute atomic E-state index is 0.771. The van der Waals surface area contributed by atoms with E-state index in [-0.39, 0.29) is 0 Å². The molecule has 2 fully saturated rings. The molecule has 0 aromatic heterocycles. The van der Waals surface area contributed by atoms with E-state index in [1.807, 2.05) is 0 Å². The summed E-state index contributed by atoms with van der Waals surface area (Å²) in [4.78, 5) is 4.11. The minimum atomic E-state index is 0.771. The summed E-state index contributed by atoms with van der Waals surface area (Å²) >= 11 is 4.67. The molecule has 0 heterocycles. The Morgan fingerprint density at radius 3 is 2.45 bits per heavy atom. The van der Waals surface area contributed by atoms with Crippen molar-refractivity contribution in [2.24, 2.45) is 22.2 Å². The second-order valence-corrected chi connectivity index (χ2v) is 7.05. The van der Waals surface area contributed by atoms with Gasteiger partial charge in [-0.2, -0.15) is 4.99 Å². The van der Waals surface area contributed by atoms with Crippen molar-refractivity contribution in [2.75, 3.05) is 0 Å². The standard InChI is InChI=1S/C18H25NS/c1-2-18(11-12-18)16-7-3-14(4-8-16)15-5-9-17(10-6-15)19-13-20/h5,9,14,16H,2-4,6-8,10-12H2,1H3. The van der Waals surface area contributed by atoms with Crippen LogP contribution in [-0.2, 0) is 0 Å². The lowest BCUT2D eigenvalue weighted by molar-refractivity contribution is 0.194. The maximum Gasteiger partial charge on any atom is 0.0637 e. The van der Waals surface area contributed by atoms with Crippen molar-refractivity contribution in [1.29, 1.82) is 0 Å². The highest BCUT2D eigenvalue weighted by atomic mass is 32.1. The fourth-order valence-electron chi connectivity index (χ4n) is 4.42. The zero-order valence-electron chi connectivity index (χ0n) is 12.5. The Bertz CT molecular complexity index is 470. The van der Waals surface area contributed by atoms with Gasteiger partial charge in [-0.1, -0.05) is 25.0 Å². The fourth-order valence-corrected chi connectivity index (χ4v) is 4.54. The highest BCUT2D eigenvalue weighted by molar-refractivity contribution is 7.78. The average molecular weight is 287 g/mol. The van der Waals surface area contributed by atoms with Crippen LogP contribution < -0.4 is 0 Å². The minimum Gasteiger partial charge on any atom is -0.199 e. The average Bonchev–Trinajstić information content (AvgIpc) is 3.30. The number of nitrogens with zero attached hydrogens (tertiary/aromatic N) is 1. The molecule has 1 nitrogen and oxygen atoms in total. The molecule has 108 valence electrons. The third-order valence-corrected chi connectivity index (χ3v) is 6.15. The predicted molar refractivity (Wildman–Crippen MR) is 87.8 cm³/mol. The molecule has 0 N–H and O–H groups in total. The molecule has 0 bridgehead atoms. The Morgan fingerprint density at radius 2 is 1.95 bits per heavy atom. The fraction of sp³-hybridized carbons (Fsp3) is 0.722. The molecule has 0 aliphatic heterocycles. The van der Waals surface area contributed by atoms with Gasteiger partial charge in [0.1, 0.15) is 0 Å². The van der Waals surface area contributed by atoms with Crippen molar-refractivity contribution in [3.8, 4) is 0 Å². The van der Waals surface area contributed by atoms with Crippen LogP contribution in [0.15, 0.2) is 28.4 Å². The van der Waals surface area contributed by atoms with E-state index in [0.29, 0.717) is 0 Å². The Morgan fingerprint density at radius 1 is 1.20 bits per heavy atom. The number of thiocarbonyl (C=S) groups is 1. The molecule has 0 radical (unpaired) electrons. The zero-order chi connectivity index (χ0) is 14.0. The molecule has 2 heteroatoms. The van der Waals surface area contributed by atoms with Crippen molar-refractivity contribution in [3.63, 3.8) is 0 Å². The lowest BCUT2D eigenvalue weighted by atomic mass is 9.70. The van der Waals surface area contributed by atoms with Crippen molar-refractivity contribution in [3.05, 3.63) is 23.4 Å². The maximum atomic E-state index is 4.67. The molecule has 0 saturated heterocycles. The van der Waals surface area contributed by atoms with Gasteiger partial charge >= 0.3 is 0 Å². The van der Waals surface area contributed by atoms with Crippen LogP contribution in [0.1, 0.15) is 64.7 Å². The predicted octanol–water partition coefficient (Wildman–Crippen LogP) is 5.69. The number of hydrogen-bond acceptors (Lipinski definition) is 2. The van der Waals surface area contributed by atoms with E-state index in [2.05, 4.69) is 41.4 Å².